The zero-order valence-corrected chi connectivity index (χ0v) is 16.6. The highest BCUT2D eigenvalue weighted by atomic mass is 16.6. The third-order valence-electron chi connectivity index (χ3n) is 4.01. The number of hydrogen-bond acceptors (Lipinski definition) is 8. The van der Waals surface area contributed by atoms with Crippen molar-refractivity contribution >= 4 is 34.6 Å². The van der Waals surface area contributed by atoms with Crippen LogP contribution >= 0.6 is 0 Å². The van der Waals surface area contributed by atoms with E-state index in [2.05, 4.69) is 21.1 Å². The Bertz CT molecular complexity index is 975. The van der Waals surface area contributed by atoms with Gasteiger partial charge in [-0.1, -0.05) is 0 Å². The number of nitro groups is 2. The molecule has 0 aromatic heterocycles. The molecule has 2 aromatic rings. The maximum atomic E-state index is 11.9. The van der Waals surface area contributed by atoms with E-state index in [1.165, 1.54) is 48.5 Å². The second-order valence-electron chi connectivity index (χ2n) is 6.25. The van der Waals surface area contributed by atoms with Gasteiger partial charge in [0.1, 0.15) is 6.42 Å². The van der Waals surface area contributed by atoms with Gasteiger partial charge >= 0.3 is 0 Å². The number of benzene rings is 2. The summed E-state index contributed by atoms with van der Waals surface area (Å²) < 4.78 is 0. The van der Waals surface area contributed by atoms with E-state index < -0.39 is 28.1 Å². The lowest BCUT2D eigenvalue weighted by molar-refractivity contribution is -0.385. The largest absolute Gasteiger partial charge is 0.273 e. The van der Waals surface area contributed by atoms with Crippen molar-refractivity contribution in [1.29, 1.82) is 0 Å². The number of nitrogens with zero attached hydrogens (tertiary/aromatic N) is 4. The zero-order valence-electron chi connectivity index (χ0n) is 16.6. The summed E-state index contributed by atoms with van der Waals surface area (Å²) in [4.78, 5) is 44.0. The van der Waals surface area contributed by atoms with Gasteiger partial charge in [0.2, 0.25) is 11.8 Å². The summed E-state index contributed by atoms with van der Waals surface area (Å²) in [6, 6.07) is 11.2. The lowest BCUT2D eigenvalue weighted by atomic mass is 10.1. The first kappa shape index (κ1) is 22.8. The molecule has 0 aliphatic heterocycles. The Morgan fingerprint density at radius 3 is 1.35 bits per heavy atom. The first-order valence-corrected chi connectivity index (χ1v) is 8.83. The Morgan fingerprint density at radius 1 is 0.742 bits per heavy atom. The average molecular weight is 426 g/mol. The van der Waals surface area contributed by atoms with E-state index >= 15 is 0 Å². The topological polar surface area (TPSA) is 169 Å². The van der Waals surface area contributed by atoms with Crippen molar-refractivity contribution in [1.82, 2.24) is 10.9 Å². The predicted octanol–water partition coefficient (Wildman–Crippen LogP) is 2.27. The summed E-state index contributed by atoms with van der Waals surface area (Å²) in [5.74, 6) is -1.36. The number of carbonyl (C=O) groups is 2. The maximum Gasteiger partial charge on any atom is 0.269 e. The van der Waals surface area contributed by atoms with Crippen molar-refractivity contribution < 1.29 is 19.4 Å². The smallest absolute Gasteiger partial charge is 0.269 e. The van der Waals surface area contributed by atoms with Gasteiger partial charge in [-0.05, 0) is 49.2 Å². The van der Waals surface area contributed by atoms with Crippen LogP contribution in [0.1, 0.15) is 31.4 Å². The van der Waals surface area contributed by atoms with Crippen molar-refractivity contribution in [2.24, 2.45) is 10.2 Å². The highest BCUT2D eigenvalue weighted by Gasteiger charge is 2.10. The van der Waals surface area contributed by atoms with Gasteiger partial charge < -0.3 is 0 Å². The number of amides is 2. The first-order chi connectivity index (χ1) is 14.7. The minimum absolute atomic E-state index is 0.0677. The summed E-state index contributed by atoms with van der Waals surface area (Å²) in [6.07, 6.45) is -0.534. The molecule has 0 saturated carbocycles. The molecule has 0 atom stereocenters. The van der Waals surface area contributed by atoms with Gasteiger partial charge in [-0.2, -0.15) is 10.2 Å². The molecule has 0 unspecified atom stereocenters. The third kappa shape index (κ3) is 6.81. The fourth-order valence-corrected chi connectivity index (χ4v) is 2.30. The van der Waals surface area contributed by atoms with Crippen LogP contribution in [0.5, 0.6) is 0 Å². The number of nitro benzene ring substituents is 2. The van der Waals surface area contributed by atoms with Crippen LogP contribution in [0.25, 0.3) is 0 Å². The molecule has 0 radical (unpaired) electrons. The van der Waals surface area contributed by atoms with Crippen molar-refractivity contribution in [2.75, 3.05) is 0 Å². The van der Waals surface area contributed by atoms with Crippen molar-refractivity contribution in [3.8, 4) is 0 Å². The fraction of sp³-hybridized carbons (Fsp3) is 0.158. The highest BCUT2D eigenvalue weighted by molar-refractivity contribution is 6.02. The van der Waals surface area contributed by atoms with E-state index in [9.17, 15) is 29.8 Å². The van der Waals surface area contributed by atoms with Crippen LogP contribution in [0, 0.1) is 20.2 Å². The van der Waals surface area contributed by atoms with E-state index in [1.54, 1.807) is 13.8 Å². The van der Waals surface area contributed by atoms with Crippen molar-refractivity contribution in [3.05, 3.63) is 79.9 Å². The molecule has 0 aliphatic carbocycles. The Labute approximate surface area is 176 Å². The van der Waals surface area contributed by atoms with E-state index in [-0.39, 0.29) is 11.4 Å². The molecule has 12 heteroatoms. The molecule has 31 heavy (non-hydrogen) atoms. The zero-order chi connectivity index (χ0) is 23.0. The molecule has 12 nitrogen and oxygen atoms in total. The number of carbonyl (C=O) groups excluding carboxylic acids is 2. The van der Waals surface area contributed by atoms with E-state index in [1.807, 2.05) is 0 Å². The molecule has 0 aliphatic rings. The van der Waals surface area contributed by atoms with Gasteiger partial charge in [-0.3, -0.25) is 29.8 Å². The molecule has 160 valence electrons. The first-order valence-electron chi connectivity index (χ1n) is 8.83. The van der Waals surface area contributed by atoms with Crippen LogP contribution in [-0.4, -0.2) is 33.1 Å². The fourth-order valence-electron chi connectivity index (χ4n) is 2.30. The van der Waals surface area contributed by atoms with E-state index in [0.717, 1.165) is 0 Å². The van der Waals surface area contributed by atoms with E-state index in [4.69, 9.17) is 0 Å². The Morgan fingerprint density at radius 2 is 1.06 bits per heavy atom. The van der Waals surface area contributed by atoms with Gasteiger partial charge in [0, 0.05) is 24.3 Å². The minimum atomic E-state index is -0.679. The summed E-state index contributed by atoms with van der Waals surface area (Å²) in [5.41, 5.74) is 6.25. The number of non-ortho nitro benzene ring substituents is 2. The van der Waals surface area contributed by atoms with Crippen LogP contribution in [0.4, 0.5) is 11.4 Å². The monoisotopic (exact) mass is 426 g/mol. The molecule has 2 amide bonds. The van der Waals surface area contributed by atoms with E-state index in [0.29, 0.717) is 22.6 Å². The normalized spacial score (nSPS) is 11.5. The molecular formula is C19H18N6O6. The molecule has 0 bridgehead atoms. The molecule has 0 spiro atoms. The van der Waals surface area contributed by atoms with Crippen LogP contribution in [0.3, 0.4) is 0 Å². The Hall–Kier alpha value is -4.48. The lowest BCUT2D eigenvalue weighted by Crippen LogP contribution is -2.28. The SMILES string of the molecule is CC(=NNC(=O)CC(=O)NN=C(C)c1ccc([N+](=O)[O-])cc1)c1ccc([N+](=O)[O-])cc1. The molecule has 0 heterocycles. The summed E-state index contributed by atoms with van der Waals surface area (Å²) in [7, 11) is 0. The van der Waals surface area contributed by atoms with Gasteiger partial charge in [0.25, 0.3) is 11.4 Å². The Balaban J connectivity index is 1.87. The molecule has 2 rings (SSSR count). The molecule has 0 saturated heterocycles. The maximum absolute atomic E-state index is 11.9. The molecule has 2 N–H and O–H groups in total. The Kier molecular flexibility index (Phi) is 7.61. The highest BCUT2D eigenvalue weighted by Crippen LogP contribution is 2.13. The summed E-state index contributed by atoms with van der Waals surface area (Å²) >= 11 is 0. The van der Waals surface area contributed by atoms with Crippen LogP contribution in [0.15, 0.2) is 58.7 Å². The summed E-state index contributed by atoms with van der Waals surface area (Å²) in [5, 5.41) is 29.0. The number of rotatable bonds is 8. The van der Waals surface area contributed by atoms with Crippen molar-refractivity contribution in [3.63, 3.8) is 0 Å². The van der Waals surface area contributed by atoms with Gasteiger partial charge in [-0.15, -0.1) is 0 Å². The third-order valence-corrected chi connectivity index (χ3v) is 4.01. The standard InChI is InChI=1S/C19H18N6O6/c1-12(14-3-7-16(8-4-14)24(28)29)20-22-18(26)11-19(27)23-21-13(2)15-5-9-17(10-6-15)25(30)31/h3-10H,11H2,1-2H3,(H,22,26)(H,23,27). The quantitative estimate of drug-likeness (QED) is 0.284. The molecule has 0 fully saturated rings. The van der Waals surface area contributed by atoms with Crippen molar-refractivity contribution in [2.45, 2.75) is 20.3 Å². The predicted molar refractivity (Wildman–Crippen MR) is 112 cm³/mol. The number of nitrogens with one attached hydrogen (secondary N) is 2. The molecular weight excluding hydrogens is 408 g/mol. The lowest BCUT2D eigenvalue weighted by Gasteiger charge is -2.04. The molecule has 2 aromatic carbocycles. The van der Waals surface area contributed by atoms with Gasteiger partial charge in [-0.25, -0.2) is 10.9 Å². The van der Waals surface area contributed by atoms with Crippen LogP contribution in [0.2, 0.25) is 0 Å². The van der Waals surface area contributed by atoms with Crippen LogP contribution in [-0.2, 0) is 9.59 Å². The average Bonchev–Trinajstić information content (AvgIpc) is 2.75. The van der Waals surface area contributed by atoms with Crippen LogP contribution < -0.4 is 10.9 Å². The second kappa shape index (κ2) is 10.3. The van der Waals surface area contributed by atoms with Gasteiger partial charge in [0.15, 0.2) is 0 Å². The summed E-state index contributed by atoms with van der Waals surface area (Å²) in [6.45, 7) is 3.19. The van der Waals surface area contributed by atoms with Gasteiger partial charge in [0.05, 0.1) is 21.3 Å². The second-order valence-corrected chi connectivity index (χ2v) is 6.25. The minimum Gasteiger partial charge on any atom is -0.273 e. The number of hydrogen-bond donors (Lipinski definition) is 2. The number of hydrazone groups is 2.